The quantitative estimate of drug-likeness (QED) is 0.682. The highest BCUT2D eigenvalue weighted by atomic mass is 32.2. The number of aliphatic carboxylic acids is 1. The molecule has 0 fully saturated rings. The Balaban J connectivity index is 2.47. The summed E-state index contributed by atoms with van der Waals surface area (Å²) in [6.07, 6.45) is 9.36. The molecule has 2 rings (SSSR count). The molecule has 0 saturated heterocycles. The van der Waals surface area contributed by atoms with E-state index in [1.54, 1.807) is 6.08 Å². The summed E-state index contributed by atoms with van der Waals surface area (Å²) < 4.78 is 0. The van der Waals surface area contributed by atoms with Crippen LogP contribution in [0.25, 0.3) is 0 Å². The molecule has 14 heavy (non-hydrogen) atoms. The average Bonchev–Trinajstić information content (AvgIpc) is 2.31. The maximum atomic E-state index is 10.9. The molecule has 0 spiro atoms. The molecule has 0 radical (unpaired) electrons. The Labute approximate surface area is 85.7 Å². The van der Waals surface area contributed by atoms with Crippen LogP contribution in [0.5, 0.6) is 0 Å². The van der Waals surface area contributed by atoms with Crippen LogP contribution in [0.2, 0.25) is 0 Å². The molecule has 0 aromatic heterocycles. The third kappa shape index (κ3) is 1.37. The maximum Gasteiger partial charge on any atom is 0.338 e. The SMILES string of the molecule is NC1=C(C(=O)O)C2=CC=CC=CC2S1. The van der Waals surface area contributed by atoms with Crippen molar-refractivity contribution in [3.05, 3.63) is 46.6 Å². The Morgan fingerprint density at radius 2 is 2.21 bits per heavy atom. The van der Waals surface area contributed by atoms with Crippen LogP contribution in [-0.4, -0.2) is 16.3 Å². The second-order valence-electron chi connectivity index (χ2n) is 2.97. The number of thioether (sulfide) groups is 1. The Kier molecular flexibility index (Phi) is 2.21. The first-order valence-electron chi connectivity index (χ1n) is 4.15. The minimum atomic E-state index is -0.951. The Morgan fingerprint density at radius 1 is 1.43 bits per heavy atom. The number of hydrogen-bond donors (Lipinski definition) is 2. The lowest BCUT2D eigenvalue weighted by Crippen LogP contribution is -2.08. The van der Waals surface area contributed by atoms with Crippen molar-refractivity contribution < 1.29 is 9.90 Å². The van der Waals surface area contributed by atoms with E-state index in [0.717, 1.165) is 5.57 Å². The molecular formula is C10H9NO2S. The van der Waals surface area contributed by atoms with E-state index in [1.165, 1.54) is 11.8 Å². The zero-order valence-electron chi connectivity index (χ0n) is 7.31. The predicted molar refractivity (Wildman–Crippen MR) is 56.6 cm³/mol. The van der Waals surface area contributed by atoms with E-state index in [9.17, 15) is 4.79 Å². The highest BCUT2D eigenvalue weighted by Gasteiger charge is 2.31. The van der Waals surface area contributed by atoms with Gasteiger partial charge in [0, 0.05) is 0 Å². The number of nitrogens with two attached hydrogens (primary N) is 1. The van der Waals surface area contributed by atoms with Crippen LogP contribution in [0.1, 0.15) is 0 Å². The predicted octanol–water partition coefficient (Wildman–Crippen LogP) is 1.41. The molecule has 2 aliphatic rings. The van der Waals surface area contributed by atoms with Gasteiger partial charge >= 0.3 is 5.97 Å². The van der Waals surface area contributed by atoms with Crippen LogP contribution in [0, 0.1) is 0 Å². The summed E-state index contributed by atoms with van der Waals surface area (Å²) in [7, 11) is 0. The Morgan fingerprint density at radius 3 is 2.93 bits per heavy atom. The topological polar surface area (TPSA) is 63.3 Å². The molecule has 1 heterocycles. The van der Waals surface area contributed by atoms with Crippen molar-refractivity contribution in [2.24, 2.45) is 5.73 Å². The van der Waals surface area contributed by atoms with E-state index in [4.69, 9.17) is 10.8 Å². The maximum absolute atomic E-state index is 10.9. The van der Waals surface area contributed by atoms with Gasteiger partial charge in [0.1, 0.15) is 0 Å². The van der Waals surface area contributed by atoms with E-state index in [2.05, 4.69) is 0 Å². The van der Waals surface area contributed by atoms with Gasteiger partial charge in [0.25, 0.3) is 0 Å². The molecule has 0 aromatic rings. The van der Waals surface area contributed by atoms with Crippen LogP contribution in [0.3, 0.4) is 0 Å². The number of carboxylic acids is 1. The largest absolute Gasteiger partial charge is 0.478 e. The molecule has 0 bridgehead atoms. The van der Waals surface area contributed by atoms with Gasteiger partial charge in [-0.3, -0.25) is 0 Å². The summed E-state index contributed by atoms with van der Waals surface area (Å²) >= 11 is 1.38. The lowest BCUT2D eigenvalue weighted by atomic mass is 10.0. The highest BCUT2D eigenvalue weighted by Crippen LogP contribution is 2.40. The van der Waals surface area contributed by atoms with Crippen LogP contribution in [0.4, 0.5) is 0 Å². The first-order chi connectivity index (χ1) is 6.70. The molecule has 1 atom stereocenters. The van der Waals surface area contributed by atoms with Crippen LogP contribution in [-0.2, 0) is 4.79 Å². The number of fused-ring (bicyclic) bond motifs is 1. The van der Waals surface area contributed by atoms with Gasteiger partial charge in [-0.2, -0.15) is 0 Å². The molecule has 1 aliphatic carbocycles. The molecule has 0 amide bonds. The van der Waals surface area contributed by atoms with Crippen LogP contribution in [0.15, 0.2) is 46.6 Å². The summed E-state index contributed by atoms with van der Waals surface area (Å²) in [6, 6.07) is 0. The summed E-state index contributed by atoms with van der Waals surface area (Å²) in [5.41, 5.74) is 6.68. The van der Waals surface area contributed by atoms with Crippen molar-refractivity contribution in [1.29, 1.82) is 0 Å². The molecule has 72 valence electrons. The van der Waals surface area contributed by atoms with Gasteiger partial charge in [-0.05, 0) is 5.57 Å². The standard InChI is InChI=1S/C10H9NO2S/c11-9-8(10(12)13)6-4-2-1-3-5-7(6)14-9/h1-5,7H,11H2,(H,12,13). The van der Waals surface area contributed by atoms with Crippen molar-refractivity contribution in [2.45, 2.75) is 5.25 Å². The number of rotatable bonds is 1. The lowest BCUT2D eigenvalue weighted by Gasteiger charge is -2.04. The lowest BCUT2D eigenvalue weighted by molar-refractivity contribution is -0.132. The number of hydrogen-bond acceptors (Lipinski definition) is 3. The van der Waals surface area contributed by atoms with Crippen molar-refractivity contribution in [3.63, 3.8) is 0 Å². The average molecular weight is 207 g/mol. The van der Waals surface area contributed by atoms with Gasteiger partial charge in [0.05, 0.1) is 15.9 Å². The summed E-state index contributed by atoms with van der Waals surface area (Å²) in [5.74, 6) is -0.951. The van der Waals surface area contributed by atoms with Gasteiger partial charge in [-0.1, -0.05) is 42.1 Å². The third-order valence-electron chi connectivity index (χ3n) is 2.09. The molecule has 0 saturated carbocycles. The molecule has 1 unspecified atom stereocenters. The smallest absolute Gasteiger partial charge is 0.338 e. The summed E-state index contributed by atoms with van der Waals surface area (Å²) in [4.78, 5) is 10.9. The van der Waals surface area contributed by atoms with E-state index in [0.29, 0.717) is 5.03 Å². The van der Waals surface area contributed by atoms with E-state index in [-0.39, 0.29) is 10.8 Å². The minimum absolute atomic E-state index is 0.0519. The molecule has 3 nitrogen and oxygen atoms in total. The van der Waals surface area contributed by atoms with Crippen molar-refractivity contribution in [2.75, 3.05) is 0 Å². The van der Waals surface area contributed by atoms with Gasteiger partial charge in [0.15, 0.2) is 0 Å². The minimum Gasteiger partial charge on any atom is -0.478 e. The van der Waals surface area contributed by atoms with Gasteiger partial charge < -0.3 is 10.8 Å². The normalized spacial score (nSPS) is 24.6. The summed E-state index contributed by atoms with van der Waals surface area (Å²) in [6.45, 7) is 0. The first kappa shape index (κ1) is 9.15. The van der Waals surface area contributed by atoms with Gasteiger partial charge in [-0.25, -0.2) is 4.79 Å². The van der Waals surface area contributed by atoms with Crippen molar-refractivity contribution >= 4 is 17.7 Å². The van der Waals surface area contributed by atoms with Crippen molar-refractivity contribution in [3.8, 4) is 0 Å². The molecular weight excluding hydrogens is 198 g/mol. The number of allylic oxidation sites excluding steroid dienone is 4. The van der Waals surface area contributed by atoms with E-state index >= 15 is 0 Å². The second kappa shape index (κ2) is 3.38. The first-order valence-corrected chi connectivity index (χ1v) is 5.03. The fraction of sp³-hybridized carbons (Fsp3) is 0.100. The Bertz CT molecular complexity index is 404. The molecule has 1 aliphatic heterocycles. The monoisotopic (exact) mass is 207 g/mol. The zero-order chi connectivity index (χ0) is 10.1. The number of carboxylic acid groups (broad SMARTS) is 1. The van der Waals surface area contributed by atoms with Crippen LogP contribution < -0.4 is 5.73 Å². The fourth-order valence-electron chi connectivity index (χ4n) is 1.48. The third-order valence-corrected chi connectivity index (χ3v) is 3.22. The molecule has 4 heteroatoms. The highest BCUT2D eigenvalue weighted by molar-refractivity contribution is 8.04. The molecule has 0 aromatic carbocycles. The van der Waals surface area contributed by atoms with E-state index in [1.807, 2.05) is 24.3 Å². The van der Waals surface area contributed by atoms with Gasteiger partial charge in [-0.15, -0.1) is 0 Å². The molecule has 3 N–H and O–H groups in total. The summed E-state index contributed by atoms with van der Waals surface area (Å²) in [5, 5.41) is 9.42. The van der Waals surface area contributed by atoms with Crippen LogP contribution >= 0.6 is 11.8 Å². The second-order valence-corrected chi connectivity index (χ2v) is 4.16. The number of carbonyl (C=O) groups is 1. The fourth-order valence-corrected chi connectivity index (χ4v) is 2.57. The Hall–Kier alpha value is -1.42. The van der Waals surface area contributed by atoms with Gasteiger partial charge in [0.2, 0.25) is 0 Å². The van der Waals surface area contributed by atoms with E-state index < -0.39 is 5.97 Å². The zero-order valence-corrected chi connectivity index (χ0v) is 8.12. The van der Waals surface area contributed by atoms with Crippen molar-refractivity contribution in [1.82, 2.24) is 0 Å².